The van der Waals surface area contributed by atoms with E-state index < -0.39 is 17.2 Å². The lowest BCUT2D eigenvalue weighted by Gasteiger charge is -2.34. The minimum Gasteiger partial charge on any atom is -0.461 e. The van der Waals surface area contributed by atoms with Gasteiger partial charge in [-0.05, 0) is 52.7 Å². The van der Waals surface area contributed by atoms with Crippen LogP contribution in [-0.2, 0) is 11.3 Å². The Kier molecular flexibility index (Phi) is 11.0. The SMILES string of the molecule is CCNC(=NCc1nc(-c2ccco2)n[nH]1)NCC(CC)(CC)NC(=O)OC(C)(C)C.I. The van der Waals surface area contributed by atoms with Crippen LogP contribution in [0.4, 0.5) is 4.79 Å². The number of nitrogens with one attached hydrogen (secondary N) is 4. The van der Waals surface area contributed by atoms with E-state index in [1.165, 1.54) is 0 Å². The number of halogens is 1. The van der Waals surface area contributed by atoms with Gasteiger partial charge in [-0.2, -0.15) is 0 Å². The summed E-state index contributed by atoms with van der Waals surface area (Å²) in [5.41, 5.74) is -1.01. The first-order valence-corrected chi connectivity index (χ1v) is 10.7. The van der Waals surface area contributed by atoms with Crippen LogP contribution in [0.1, 0.15) is 60.2 Å². The summed E-state index contributed by atoms with van der Waals surface area (Å²) >= 11 is 0. The van der Waals surface area contributed by atoms with Crippen molar-refractivity contribution in [2.75, 3.05) is 13.1 Å². The minimum atomic E-state index is -0.549. The summed E-state index contributed by atoms with van der Waals surface area (Å²) in [4.78, 5) is 21.3. The van der Waals surface area contributed by atoms with Crippen LogP contribution in [0.15, 0.2) is 27.8 Å². The van der Waals surface area contributed by atoms with Crippen LogP contribution >= 0.6 is 24.0 Å². The Balaban J connectivity index is 0.00000512. The van der Waals surface area contributed by atoms with Crippen LogP contribution in [0.25, 0.3) is 11.6 Å². The summed E-state index contributed by atoms with van der Waals surface area (Å²) in [6, 6.07) is 3.59. The molecule has 1 amide bonds. The number of ether oxygens (including phenoxy) is 1. The molecular weight excluding hydrogens is 525 g/mol. The van der Waals surface area contributed by atoms with Crippen molar-refractivity contribution < 1.29 is 13.9 Å². The van der Waals surface area contributed by atoms with Gasteiger partial charge in [-0.3, -0.25) is 5.10 Å². The molecule has 2 rings (SSSR count). The number of furan rings is 1. The van der Waals surface area contributed by atoms with Crippen LogP contribution in [0.3, 0.4) is 0 Å². The van der Waals surface area contributed by atoms with Gasteiger partial charge in [0, 0.05) is 13.1 Å². The number of H-pyrrole nitrogens is 1. The minimum absolute atomic E-state index is 0. The number of rotatable bonds is 9. The summed E-state index contributed by atoms with van der Waals surface area (Å²) in [6.07, 6.45) is 2.63. The van der Waals surface area contributed by atoms with Gasteiger partial charge in [-0.15, -0.1) is 29.1 Å². The number of hydrogen-bond donors (Lipinski definition) is 4. The molecule has 0 saturated heterocycles. The summed E-state index contributed by atoms with van der Waals surface area (Å²) < 4.78 is 10.7. The fraction of sp³-hybridized carbons (Fsp3) is 0.619. The summed E-state index contributed by atoms with van der Waals surface area (Å²) in [6.45, 7) is 13.1. The summed E-state index contributed by atoms with van der Waals surface area (Å²) in [7, 11) is 0. The van der Waals surface area contributed by atoms with Crippen molar-refractivity contribution in [1.29, 1.82) is 0 Å². The number of carbonyl (C=O) groups is 1. The maximum atomic E-state index is 12.3. The Morgan fingerprint density at radius 1 is 1.22 bits per heavy atom. The first-order chi connectivity index (χ1) is 14.7. The van der Waals surface area contributed by atoms with Gasteiger partial charge in [0.05, 0.1) is 11.8 Å². The van der Waals surface area contributed by atoms with Gasteiger partial charge in [-0.1, -0.05) is 13.8 Å². The molecule has 4 N–H and O–H groups in total. The second-order valence-electron chi connectivity index (χ2n) is 8.25. The molecule has 0 saturated carbocycles. The summed E-state index contributed by atoms with van der Waals surface area (Å²) in [5.74, 6) is 2.33. The third-order valence-electron chi connectivity index (χ3n) is 4.72. The molecule has 32 heavy (non-hydrogen) atoms. The van der Waals surface area contributed by atoms with Crippen LogP contribution in [-0.4, -0.2) is 51.5 Å². The highest BCUT2D eigenvalue weighted by Gasteiger charge is 2.30. The molecule has 0 unspecified atom stereocenters. The average molecular weight is 561 g/mol. The number of nitrogens with zero attached hydrogens (tertiary/aromatic N) is 3. The molecule has 0 bridgehead atoms. The number of aliphatic imine (C=N–C) groups is 1. The number of carbonyl (C=O) groups excluding carboxylic acids is 1. The van der Waals surface area contributed by atoms with E-state index in [1.807, 2.05) is 41.5 Å². The van der Waals surface area contributed by atoms with E-state index in [9.17, 15) is 4.79 Å². The van der Waals surface area contributed by atoms with Crippen LogP contribution in [0.2, 0.25) is 0 Å². The third-order valence-corrected chi connectivity index (χ3v) is 4.72. The van der Waals surface area contributed by atoms with Crippen molar-refractivity contribution in [3.63, 3.8) is 0 Å². The first-order valence-electron chi connectivity index (χ1n) is 10.7. The molecule has 2 aromatic heterocycles. The Morgan fingerprint density at radius 3 is 2.50 bits per heavy atom. The van der Waals surface area contributed by atoms with E-state index in [0.717, 1.165) is 12.8 Å². The molecule has 0 aliphatic heterocycles. The van der Waals surface area contributed by atoms with Crippen molar-refractivity contribution >= 4 is 36.0 Å². The standard InChI is InChI=1S/C21H35N7O3.HI/c1-7-21(8-2,26-19(29)31-20(4,5)6)14-24-18(22-9-3)23-13-16-25-17(28-27-16)15-11-10-12-30-15;/h10-12H,7-9,13-14H2,1-6H3,(H,26,29)(H2,22,23,24)(H,25,27,28);1H. The Labute approximate surface area is 206 Å². The number of amides is 1. The van der Waals surface area contributed by atoms with Crippen LogP contribution < -0.4 is 16.0 Å². The molecule has 10 nitrogen and oxygen atoms in total. The van der Waals surface area contributed by atoms with Crippen LogP contribution in [0.5, 0.6) is 0 Å². The highest BCUT2D eigenvalue weighted by atomic mass is 127. The Morgan fingerprint density at radius 2 is 1.94 bits per heavy atom. The molecule has 0 aliphatic rings. The lowest BCUT2D eigenvalue weighted by Crippen LogP contribution is -2.57. The van der Waals surface area contributed by atoms with E-state index in [1.54, 1.807) is 18.4 Å². The largest absolute Gasteiger partial charge is 0.461 e. The lowest BCUT2D eigenvalue weighted by atomic mass is 9.93. The normalized spacial score (nSPS) is 12.1. The topological polar surface area (TPSA) is 129 Å². The molecule has 0 radical (unpaired) electrons. The molecule has 0 fully saturated rings. The number of alkyl carbamates (subject to hydrolysis) is 1. The van der Waals surface area contributed by atoms with Crippen molar-refractivity contribution in [3.05, 3.63) is 24.2 Å². The van der Waals surface area contributed by atoms with E-state index in [0.29, 0.717) is 43.0 Å². The number of aromatic amines is 1. The number of aromatic nitrogens is 3. The van der Waals surface area contributed by atoms with Crippen molar-refractivity contribution in [1.82, 2.24) is 31.1 Å². The van der Waals surface area contributed by atoms with Gasteiger partial charge >= 0.3 is 6.09 Å². The van der Waals surface area contributed by atoms with Gasteiger partial charge in [0.1, 0.15) is 18.0 Å². The molecule has 180 valence electrons. The fourth-order valence-corrected chi connectivity index (χ4v) is 2.87. The zero-order valence-electron chi connectivity index (χ0n) is 19.7. The van der Waals surface area contributed by atoms with Crippen molar-refractivity contribution in [2.24, 2.45) is 4.99 Å². The average Bonchev–Trinajstić information content (AvgIpc) is 3.39. The molecular formula is C21H36IN7O3. The molecule has 2 aromatic rings. The van der Waals surface area contributed by atoms with E-state index in [-0.39, 0.29) is 24.0 Å². The number of hydrogen-bond acceptors (Lipinski definition) is 6. The lowest BCUT2D eigenvalue weighted by molar-refractivity contribution is 0.0448. The predicted octanol–water partition coefficient (Wildman–Crippen LogP) is 3.82. The Bertz CT molecular complexity index is 840. The highest BCUT2D eigenvalue weighted by molar-refractivity contribution is 14.0. The third kappa shape index (κ3) is 8.67. The zero-order valence-corrected chi connectivity index (χ0v) is 22.1. The zero-order chi connectivity index (χ0) is 22.9. The van der Waals surface area contributed by atoms with Crippen molar-refractivity contribution in [3.8, 4) is 11.6 Å². The quantitative estimate of drug-likeness (QED) is 0.208. The number of guanidine groups is 1. The monoisotopic (exact) mass is 561 g/mol. The van der Waals surface area contributed by atoms with Gasteiger partial charge in [-0.25, -0.2) is 14.8 Å². The van der Waals surface area contributed by atoms with Crippen molar-refractivity contribution in [2.45, 2.75) is 72.1 Å². The van der Waals surface area contributed by atoms with Gasteiger partial charge in [0.2, 0.25) is 5.82 Å². The van der Waals surface area contributed by atoms with E-state index in [2.05, 4.69) is 36.1 Å². The van der Waals surface area contributed by atoms with E-state index in [4.69, 9.17) is 9.15 Å². The van der Waals surface area contributed by atoms with Crippen LogP contribution in [0, 0.1) is 0 Å². The second kappa shape index (κ2) is 12.7. The van der Waals surface area contributed by atoms with Gasteiger partial charge in [0.25, 0.3) is 0 Å². The second-order valence-corrected chi connectivity index (χ2v) is 8.25. The van der Waals surface area contributed by atoms with E-state index >= 15 is 0 Å². The smallest absolute Gasteiger partial charge is 0.408 e. The van der Waals surface area contributed by atoms with Gasteiger partial charge in [0.15, 0.2) is 11.7 Å². The Hall–Kier alpha value is -2.31. The fourth-order valence-electron chi connectivity index (χ4n) is 2.87. The molecule has 2 heterocycles. The maximum Gasteiger partial charge on any atom is 0.408 e. The highest BCUT2D eigenvalue weighted by Crippen LogP contribution is 2.17. The molecule has 0 spiro atoms. The molecule has 0 aliphatic carbocycles. The summed E-state index contributed by atoms with van der Waals surface area (Å²) in [5, 5.41) is 16.6. The maximum absolute atomic E-state index is 12.3. The molecule has 0 aromatic carbocycles. The predicted molar refractivity (Wildman–Crippen MR) is 135 cm³/mol. The molecule has 11 heteroatoms. The van der Waals surface area contributed by atoms with Gasteiger partial charge < -0.3 is 25.1 Å². The first kappa shape index (κ1) is 27.7. The molecule has 0 atom stereocenters.